The van der Waals surface area contributed by atoms with Gasteiger partial charge in [-0.3, -0.25) is 14.6 Å². The molecule has 1 aliphatic heterocycles. The van der Waals surface area contributed by atoms with E-state index in [0.29, 0.717) is 18.2 Å². The molecule has 8 heteroatoms. The second-order valence-electron chi connectivity index (χ2n) is 6.86. The zero-order chi connectivity index (χ0) is 19.7. The molecule has 0 bridgehead atoms. The van der Waals surface area contributed by atoms with Crippen molar-refractivity contribution in [1.82, 2.24) is 9.88 Å². The predicted molar refractivity (Wildman–Crippen MR) is 112 cm³/mol. The molecular formula is C20H21N3O3S2. The van der Waals surface area contributed by atoms with Gasteiger partial charge in [0, 0.05) is 20.1 Å². The topological polar surface area (TPSA) is 70.6 Å². The highest BCUT2D eigenvalue weighted by atomic mass is 32.2. The van der Waals surface area contributed by atoms with Gasteiger partial charge in [0.2, 0.25) is 5.91 Å². The minimum Gasteiger partial charge on any atom is -0.290 e. The van der Waals surface area contributed by atoms with E-state index in [0.717, 1.165) is 15.8 Å². The minimum atomic E-state index is -3.02. The van der Waals surface area contributed by atoms with Crippen LogP contribution in [0, 0.1) is 0 Å². The number of hydrogen-bond acceptors (Lipinski definition) is 6. The summed E-state index contributed by atoms with van der Waals surface area (Å²) >= 11 is 1.47. The van der Waals surface area contributed by atoms with E-state index >= 15 is 0 Å². The van der Waals surface area contributed by atoms with Gasteiger partial charge in [0.05, 0.1) is 21.7 Å². The van der Waals surface area contributed by atoms with Gasteiger partial charge in [-0.15, -0.1) is 0 Å². The quantitative estimate of drug-likeness (QED) is 0.655. The van der Waals surface area contributed by atoms with Gasteiger partial charge in [0.15, 0.2) is 15.0 Å². The molecule has 0 spiro atoms. The molecule has 3 aromatic rings. The van der Waals surface area contributed by atoms with Crippen LogP contribution in [-0.4, -0.2) is 55.9 Å². The second-order valence-corrected chi connectivity index (χ2v) is 10.2. The maximum atomic E-state index is 13.5. The monoisotopic (exact) mass is 415 g/mol. The Morgan fingerprint density at radius 3 is 2.39 bits per heavy atom. The SMILES string of the molecule is CN(C(=O)C(c1ccccc1)N1CCS(=O)(=O)CC1)c1nc2ccccc2s1. The molecule has 1 aromatic heterocycles. The average molecular weight is 416 g/mol. The number of thiazole rings is 1. The van der Waals surface area contributed by atoms with Crippen molar-refractivity contribution in [2.24, 2.45) is 0 Å². The van der Waals surface area contributed by atoms with E-state index in [1.807, 2.05) is 59.5 Å². The lowest BCUT2D eigenvalue weighted by Gasteiger charge is -2.35. The van der Waals surface area contributed by atoms with E-state index in [4.69, 9.17) is 0 Å². The molecule has 0 radical (unpaired) electrons. The predicted octanol–water partition coefficient (Wildman–Crippen LogP) is 2.73. The number of sulfone groups is 1. The van der Waals surface area contributed by atoms with E-state index in [2.05, 4.69) is 4.98 Å². The Morgan fingerprint density at radius 2 is 1.71 bits per heavy atom. The third-order valence-corrected chi connectivity index (χ3v) is 7.72. The van der Waals surface area contributed by atoms with Crippen LogP contribution >= 0.6 is 11.3 Å². The average Bonchev–Trinajstić information content (AvgIpc) is 3.14. The highest BCUT2D eigenvalue weighted by molar-refractivity contribution is 7.91. The molecule has 4 rings (SSSR count). The Labute approximate surface area is 168 Å². The Balaban J connectivity index is 1.66. The molecule has 1 amide bonds. The number of carbonyl (C=O) groups is 1. The van der Waals surface area contributed by atoms with E-state index in [-0.39, 0.29) is 17.4 Å². The van der Waals surface area contributed by atoms with Gasteiger partial charge in [-0.05, 0) is 17.7 Å². The highest BCUT2D eigenvalue weighted by Gasteiger charge is 2.35. The van der Waals surface area contributed by atoms with Crippen molar-refractivity contribution in [2.45, 2.75) is 6.04 Å². The molecular weight excluding hydrogens is 394 g/mol. The fraction of sp³-hybridized carbons (Fsp3) is 0.300. The number of para-hydroxylation sites is 1. The smallest absolute Gasteiger partial charge is 0.250 e. The van der Waals surface area contributed by atoms with Crippen LogP contribution in [0.5, 0.6) is 0 Å². The van der Waals surface area contributed by atoms with Crippen LogP contribution in [-0.2, 0) is 14.6 Å². The number of aromatic nitrogens is 1. The summed E-state index contributed by atoms with van der Waals surface area (Å²) in [5.41, 5.74) is 1.72. The number of anilines is 1. The van der Waals surface area contributed by atoms with Crippen molar-refractivity contribution in [2.75, 3.05) is 36.5 Å². The first kappa shape index (κ1) is 19.0. The molecule has 2 heterocycles. The molecule has 6 nitrogen and oxygen atoms in total. The normalized spacial score (nSPS) is 18.0. The van der Waals surface area contributed by atoms with Crippen molar-refractivity contribution in [3.05, 3.63) is 60.2 Å². The summed E-state index contributed by atoms with van der Waals surface area (Å²) in [6.45, 7) is 0.697. The molecule has 1 aliphatic rings. The van der Waals surface area contributed by atoms with Crippen molar-refractivity contribution >= 4 is 42.4 Å². The van der Waals surface area contributed by atoms with Crippen molar-refractivity contribution in [1.29, 1.82) is 0 Å². The number of rotatable bonds is 4. The van der Waals surface area contributed by atoms with Gasteiger partial charge in [-0.25, -0.2) is 13.4 Å². The number of benzene rings is 2. The molecule has 1 unspecified atom stereocenters. The number of likely N-dealkylation sites (N-methyl/N-ethyl adjacent to an activating group) is 1. The van der Waals surface area contributed by atoms with Crippen LogP contribution in [0.25, 0.3) is 10.2 Å². The Bertz CT molecular complexity index is 1050. The third-order valence-electron chi connectivity index (χ3n) is 4.99. The summed E-state index contributed by atoms with van der Waals surface area (Å²) in [7, 11) is -1.29. The molecule has 0 N–H and O–H groups in total. The lowest BCUT2D eigenvalue weighted by Crippen LogP contribution is -2.48. The number of hydrogen-bond donors (Lipinski definition) is 0. The Kier molecular flexibility index (Phi) is 5.18. The van der Waals surface area contributed by atoms with Gasteiger partial charge in [0.25, 0.3) is 0 Å². The van der Waals surface area contributed by atoms with Crippen LogP contribution in [0.3, 0.4) is 0 Å². The first-order chi connectivity index (χ1) is 13.4. The van der Waals surface area contributed by atoms with Gasteiger partial charge in [-0.1, -0.05) is 53.8 Å². The van der Waals surface area contributed by atoms with Gasteiger partial charge in [-0.2, -0.15) is 0 Å². The summed E-state index contributed by atoms with van der Waals surface area (Å²) in [5.74, 6) is 0.0488. The molecule has 1 atom stereocenters. The number of nitrogens with zero attached hydrogens (tertiary/aromatic N) is 3. The Morgan fingerprint density at radius 1 is 1.07 bits per heavy atom. The zero-order valence-electron chi connectivity index (χ0n) is 15.5. The fourth-order valence-corrected chi connectivity index (χ4v) is 5.57. The van der Waals surface area contributed by atoms with Crippen LogP contribution < -0.4 is 4.90 Å². The lowest BCUT2D eigenvalue weighted by atomic mass is 10.0. The molecule has 0 aliphatic carbocycles. The van der Waals surface area contributed by atoms with E-state index < -0.39 is 15.9 Å². The van der Waals surface area contributed by atoms with Crippen molar-refractivity contribution in [3.8, 4) is 0 Å². The van der Waals surface area contributed by atoms with Gasteiger partial charge >= 0.3 is 0 Å². The fourth-order valence-electron chi connectivity index (χ4n) is 3.41. The van der Waals surface area contributed by atoms with Crippen LogP contribution in [0.1, 0.15) is 11.6 Å². The summed E-state index contributed by atoms with van der Waals surface area (Å²) in [6, 6.07) is 16.8. The summed E-state index contributed by atoms with van der Waals surface area (Å²) in [4.78, 5) is 21.6. The van der Waals surface area contributed by atoms with Gasteiger partial charge < -0.3 is 0 Å². The molecule has 146 valence electrons. The zero-order valence-corrected chi connectivity index (χ0v) is 17.1. The lowest BCUT2D eigenvalue weighted by molar-refractivity contribution is -0.123. The van der Waals surface area contributed by atoms with Gasteiger partial charge in [0.1, 0.15) is 6.04 Å². The standard InChI is InChI=1S/C20H21N3O3S2/c1-22(20-21-16-9-5-6-10-17(16)27-20)19(24)18(15-7-3-2-4-8-15)23-11-13-28(25,26)14-12-23/h2-10,18H,11-14H2,1H3. The molecule has 1 saturated heterocycles. The number of amides is 1. The van der Waals surface area contributed by atoms with Crippen LogP contribution in [0.2, 0.25) is 0 Å². The number of carbonyl (C=O) groups excluding carboxylic acids is 1. The highest BCUT2D eigenvalue weighted by Crippen LogP contribution is 2.31. The maximum absolute atomic E-state index is 13.5. The Hall–Kier alpha value is -2.29. The number of fused-ring (bicyclic) bond motifs is 1. The second kappa shape index (κ2) is 7.62. The summed E-state index contributed by atoms with van der Waals surface area (Å²) in [5, 5.41) is 0.636. The van der Waals surface area contributed by atoms with E-state index in [9.17, 15) is 13.2 Å². The molecule has 28 heavy (non-hydrogen) atoms. The largest absolute Gasteiger partial charge is 0.290 e. The third kappa shape index (κ3) is 3.80. The van der Waals surface area contributed by atoms with Crippen LogP contribution in [0.4, 0.5) is 5.13 Å². The first-order valence-electron chi connectivity index (χ1n) is 9.07. The summed E-state index contributed by atoms with van der Waals surface area (Å²) in [6.07, 6.45) is 0. The van der Waals surface area contributed by atoms with Crippen LogP contribution in [0.15, 0.2) is 54.6 Å². The molecule has 2 aromatic carbocycles. The molecule has 1 fully saturated rings. The van der Waals surface area contributed by atoms with E-state index in [1.165, 1.54) is 11.3 Å². The van der Waals surface area contributed by atoms with E-state index in [1.54, 1.807) is 11.9 Å². The minimum absolute atomic E-state index is 0.0778. The first-order valence-corrected chi connectivity index (χ1v) is 11.7. The molecule has 0 saturated carbocycles. The summed E-state index contributed by atoms with van der Waals surface area (Å²) < 4.78 is 24.7. The maximum Gasteiger partial charge on any atom is 0.250 e. The van der Waals surface area contributed by atoms with Crippen molar-refractivity contribution in [3.63, 3.8) is 0 Å². The van der Waals surface area contributed by atoms with Crippen molar-refractivity contribution < 1.29 is 13.2 Å².